The van der Waals surface area contributed by atoms with Crippen molar-refractivity contribution in [3.8, 4) is 0 Å². The second-order valence-electron chi connectivity index (χ2n) is 4.27. The molecule has 3 N–H and O–H groups in total. The van der Waals surface area contributed by atoms with Crippen LogP contribution in [0.5, 0.6) is 0 Å². The summed E-state index contributed by atoms with van der Waals surface area (Å²) in [6.45, 7) is 4.53. The zero-order valence-corrected chi connectivity index (χ0v) is 12.3. The normalized spacial score (nSPS) is 11.1. The molecule has 0 bridgehead atoms. The lowest BCUT2D eigenvalue weighted by Crippen LogP contribution is -2.41. The lowest BCUT2D eigenvalue weighted by atomic mass is 10.0. The van der Waals surface area contributed by atoms with Crippen LogP contribution in [0.3, 0.4) is 0 Å². The monoisotopic (exact) mass is 293 g/mol. The molecule has 0 radical (unpaired) electrons. The minimum atomic E-state index is -0.427. The van der Waals surface area contributed by atoms with Gasteiger partial charge in [0.05, 0.1) is 18.3 Å². The molecule has 0 aliphatic heterocycles. The Morgan fingerprint density at radius 1 is 1.39 bits per heavy atom. The van der Waals surface area contributed by atoms with Gasteiger partial charge < -0.3 is 11.1 Å². The number of nitrogens with one attached hydrogen (secondary N) is 1. The van der Waals surface area contributed by atoms with E-state index < -0.39 is 6.04 Å². The van der Waals surface area contributed by atoms with E-state index in [2.05, 4.69) is 10.3 Å². The van der Waals surface area contributed by atoms with Gasteiger partial charge in [-0.1, -0.05) is 19.9 Å². The number of amides is 1. The molecule has 0 aromatic carbocycles. The average Bonchev–Trinajstić information content (AvgIpc) is 2.26. The van der Waals surface area contributed by atoms with E-state index in [1.54, 1.807) is 6.20 Å². The highest BCUT2D eigenvalue weighted by Gasteiger charge is 2.14. The van der Waals surface area contributed by atoms with Crippen molar-refractivity contribution in [2.45, 2.75) is 32.9 Å². The zero-order valence-electron chi connectivity index (χ0n) is 10.6. The largest absolute Gasteiger partial charge is 0.349 e. The summed E-state index contributed by atoms with van der Waals surface area (Å²) >= 11 is 0. The minimum absolute atomic E-state index is 0. The molecule has 0 fully saturated rings. The van der Waals surface area contributed by atoms with E-state index >= 15 is 0 Å². The highest BCUT2D eigenvalue weighted by molar-refractivity contribution is 5.85. The maximum Gasteiger partial charge on any atom is 0.237 e. The number of hydrogen-bond donors (Lipinski definition) is 2. The van der Waals surface area contributed by atoms with Crippen molar-refractivity contribution in [2.24, 2.45) is 11.7 Å². The highest BCUT2D eigenvalue weighted by Crippen LogP contribution is 2.02. The van der Waals surface area contributed by atoms with Gasteiger partial charge in [-0.25, -0.2) is 0 Å². The third-order valence-corrected chi connectivity index (χ3v) is 2.23. The van der Waals surface area contributed by atoms with Gasteiger partial charge in [0.2, 0.25) is 5.91 Å². The van der Waals surface area contributed by atoms with E-state index in [4.69, 9.17) is 5.73 Å². The molecule has 1 aromatic heterocycles. The number of rotatable bonds is 5. The molecule has 1 heterocycles. The topological polar surface area (TPSA) is 68.0 Å². The first kappa shape index (κ1) is 19.5. The fourth-order valence-electron chi connectivity index (χ4n) is 1.43. The van der Waals surface area contributed by atoms with Gasteiger partial charge in [-0.05, 0) is 24.5 Å². The van der Waals surface area contributed by atoms with Crippen LogP contribution in [0.1, 0.15) is 26.0 Å². The van der Waals surface area contributed by atoms with E-state index in [1.165, 1.54) is 0 Å². The lowest BCUT2D eigenvalue weighted by Gasteiger charge is -2.13. The number of halogens is 2. The molecule has 1 aromatic rings. The van der Waals surface area contributed by atoms with E-state index in [-0.39, 0.29) is 30.7 Å². The Labute approximate surface area is 121 Å². The van der Waals surface area contributed by atoms with Gasteiger partial charge in [0, 0.05) is 6.20 Å². The summed E-state index contributed by atoms with van der Waals surface area (Å²) in [5.41, 5.74) is 6.59. The SMILES string of the molecule is CC(C)C[C@H](N)C(=O)NCc1ccccn1.Cl.Cl. The van der Waals surface area contributed by atoms with E-state index in [0.29, 0.717) is 18.9 Å². The molecule has 0 spiro atoms. The molecule has 0 saturated carbocycles. The van der Waals surface area contributed by atoms with Crippen molar-refractivity contribution in [1.82, 2.24) is 10.3 Å². The first-order valence-corrected chi connectivity index (χ1v) is 5.52. The second kappa shape index (κ2) is 10.1. The van der Waals surface area contributed by atoms with Crippen LogP contribution in [0, 0.1) is 5.92 Å². The molecule has 0 saturated heterocycles. The van der Waals surface area contributed by atoms with Crippen molar-refractivity contribution in [1.29, 1.82) is 0 Å². The number of carbonyl (C=O) groups excluding carboxylic acids is 1. The Kier molecular flexibility index (Phi) is 11.0. The van der Waals surface area contributed by atoms with Gasteiger partial charge in [0.25, 0.3) is 0 Å². The smallest absolute Gasteiger partial charge is 0.237 e. The first-order chi connectivity index (χ1) is 7.59. The summed E-state index contributed by atoms with van der Waals surface area (Å²) < 4.78 is 0. The van der Waals surface area contributed by atoms with Gasteiger partial charge in [-0.15, -0.1) is 24.8 Å². The first-order valence-electron chi connectivity index (χ1n) is 5.52. The van der Waals surface area contributed by atoms with Gasteiger partial charge in [-0.3, -0.25) is 9.78 Å². The van der Waals surface area contributed by atoms with Crippen LogP contribution in [-0.2, 0) is 11.3 Å². The van der Waals surface area contributed by atoms with E-state index in [1.807, 2.05) is 32.0 Å². The Bertz CT molecular complexity index is 333. The number of nitrogens with two attached hydrogens (primary N) is 1. The van der Waals surface area contributed by atoms with Gasteiger partial charge in [-0.2, -0.15) is 0 Å². The van der Waals surface area contributed by atoms with E-state index in [0.717, 1.165) is 5.69 Å². The van der Waals surface area contributed by atoms with Crippen molar-refractivity contribution >= 4 is 30.7 Å². The van der Waals surface area contributed by atoms with Crippen molar-refractivity contribution in [3.63, 3.8) is 0 Å². The standard InChI is InChI=1S/C12H19N3O.2ClH/c1-9(2)7-11(13)12(16)15-8-10-5-3-4-6-14-10;;/h3-6,9,11H,7-8,13H2,1-2H3,(H,15,16);2*1H/t11-;;/m0../s1. The summed E-state index contributed by atoms with van der Waals surface area (Å²) in [4.78, 5) is 15.7. The molecule has 1 rings (SSSR count). The molecule has 4 nitrogen and oxygen atoms in total. The average molecular weight is 294 g/mol. The number of pyridine rings is 1. The third-order valence-electron chi connectivity index (χ3n) is 2.23. The summed E-state index contributed by atoms with van der Waals surface area (Å²) in [6.07, 6.45) is 2.41. The van der Waals surface area contributed by atoms with Crippen LogP contribution in [0.25, 0.3) is 0 Å². The molecule has 6 heteroatoms. The molecule has 0 unspecified atom stereocenters. The van der Waals surface area contributed by atoms with Gasteiger partial charge in [0.1, 0.15) is 0 Å². The van der Waals surface area contributed by atoms with E-state index in [9.17, 15) is 4.79 Å². The summed E-state index contributed by atoms with van der Waals surface area (Å²) in [7, 11) is 0. The highest BCUT2D eigenvalue weighted by atomic mass is 35.5. The molecule has 0 aliphatic rings. The van der Waals surface area contributed by atoms with Crippen molar-refractivity contribution in [2.75, 3.05) is 0 Å². The Morgan fingerprint density at radius 2 is 2.06 bits per heavy atom. The molecule has 104 valence electrons. The van der Waals surface area contributed by atoms with Crippen LogP contribution >= 0.6 is 24.8 Å². The Balaban J connectivity index is 0. The maximum absolute atomic E-state index is 11.6. The number of carbonyl (C=O) groups is 1. The van der Waals surface area contributed by atoms with Crippen molar-refractivity contribution in [3.05, 3.63) is 30.1 Å². The zero-order chi connectivity index (χ0) is 12.0. The van der Waals surface area contributed by atoms with Gasteiger partial charge in [0.15, 0.2) is 0 Å². The fourth-order valence-corrected chi connectivity index (χ4v) is 1.43. The summed E-state index contributed by atoms with van der Waals surface area (Å²) in [5, 5.41) is 2.78. The number of nitrogens with zero attached hydrogens (tertiary/aromatic N) is 1. The maximum atomic E-state index is 11.6. The summed E-state index contributed by atoms with van der Waals surface area (Å²) in [5.74, 6) is 0.315. The molecule has 0 aliphatic carbocycles. The molecule has 18 heavy (non-hydrogen) atoms. The van der Waals surface area contributed by atoms with Crippen LogP contribution in [0.15, 0.2) is 24.4 Å². The molecular formula is C12H21Cl2N3O. The molecule has 1 atom stereocenters. The summed E-state index contributed by atoms with van der Waals surface area (Å²) in [6, 6.07) is 5.18. The molecule has 1 amide bonds. The Hall–Kier alpha value is -0.840. The quantitative estimate of drug-likeness (QED) is 0.871. The lowest BCUT2D eigenvalue weighted by molar-refractivity contribution is -0.122. The third kappa shape index (κ3) is 7.48. The Morgan fingerprint density at radius 3 is 2.56 bits per heavy atom. The van der Waals surface area contributed by atoms with Crippen LogP contribution in [0.4, 0.5) is 0 Å². The fraction of sp³-hybridized carbons (Fsp3) is 0.500. The minimum Gasteiger partial charge on any atom is -0.349 e. The number of hydrogen-bond acceptors (Lipinski definition) is 3. The van der Waals surface area contributed by atoms with Crippen LogP contribution < -0.4 is 11.1 Å². The second-order valence-corrected chi connectivity index (χ2v) is 4.27. The van der Waals surface area contributed by atoms with Crippen molar-refractivity contribution < 1.29 is 4.79 Å². The number of aromatic nitrogens is 1. The van der Waals surface area contributed by atoms with Crippen LogP contribution in [0.2, 0.25) is 0 Å². The molecular weight excluding hydrogens is 273 g/mol. The van der Waals surface area contributed by atoms with Gasteiger partial charge >= 0.3 is 0 Å². The van der Waals surface area contributed by atoms with Crippen LogP contribution in [-0.4, -0.2) is 16.9 Å². The predicted octanol–water partition coefficient (Wildman–Crippen LogP) is 1.91. The predicted molar refractivity (Wildman–Crippen MR) is 78.0 cm³/mol.